The van der Waals surface area contributed by atoms with Crippen LogP contribution in [0, 0.1) is 24.1 Å². The fourth-order valence-corrected chi connectivity index (χ4v) is 5.30. The normalized spacial score (nSPS) is 18.6. The van der Waals surface area contributed by atoms with Gasteiger partial charge in [-0.3, -0.25) is 23.2 Å². The molecule has 3 unspecified atom stereocenters. The highest BCUT2D eigenvalue weighted by atomic mass is 35.5. The first-order valence-corrected chi connectivity index (χ1v) is 13.6. The second-order valence-electron chi connectivity index (χ2n) is 8.90. The summed E-state index contributed by atoms with van der Waals surface area (Å²) in [5.74, 6) is -1.99. The highest BCUT2D eigenvalue weighted by molar-refractivity contribution is 7.84. The van der Waals surface area contributed by atoms with Crippen LogP contribution in [-0.4, -0.2) is 30.5 Å². The van der Waals surface area contributed by atoms with E-state index in [-0.39, 0.29) is 33.0 Å². The molecule has 0 spiro atoms. The minimum Gasteiger partial charge on any atom is -0.284 e. The van der Waals surface area contributed by atoms with Crippen LogP contribution in [0.1, 0.15) is 53.3 Å². The van der Waals surface area contributed by atoms with E-state index in [4.69, 9.17) is 11.6 Å². The first-order chi connectivity index (χ1) is 18.1. The Bertz CT molecular complexity index is 1650. The Hall–Kier alpha value is -3.68. The fourth-order valence-electron chi connectivity index (χ4n) is 4.38. The number of hydrogen-bond acceptors (Lipinski definition) is 5. The van der Waals surface area contributed by atoms with Gasteiger partial charge < -0.3 is 0 Å². The summed E-state index contributed by atoms with van der Waals surface area (Å²) in [5.41, 5.74) is 0.951. The van der Waals surface area contributed by atoms with Crippen LogP contribution < -0.4 is 5.56 Å². The van der Waals surface area contributed by atoms with E-state index in [1.54, 1.807) is 43.9 Å². The van der Waals surface area contributed by atoms with Crippen LogP contribution in [0.5, 0.6) is 0 Å². The minimum atomic E-state index is -1.64. The highest BCUT2D eigenvalue weighted by Crippen LogP contribution is 2.56. The molecule has 0 amide bonds. The quantitative estimate of drug-likeness (QED) is 0.367. The highest BCUT2D eigenvalue weighted by Gasteiger charge is 2.44. The van der Waals surface area contributed by atoms with Crippen LogP contribution in [0.3, 0.4) is 0 Å². The van der Waals surface area contributed by atoms with E-state index in [9.17, 15) is 14.3 Å². The molecule has 1 aliphatic carbocycles. The van der Waals surface area contributed by atoms with Crippen LogP contribution in [-0.2, 0) is 17.8 Å². The molecule has 1 fully saturated rings. The summed E-state index contributed by atoms with van der Waals surface area (Å²) in [5, 5.41) is 13.7. The number of aliphatic imine (C=N–C) groups is 1. The molecule has 0 saturated heterocycles. The number of pyridine rings is 1. The van der Waals surface area contributed by atoms with Gasteiger partial charge in [-0.1, -0.05) is 23.7 Å². The summed E-state index contributed by atoms with van der Waals surface area (Å²) in [7, 11) is 0.0947. The molecule has 1 aromatic carbocycles. The molecule has 38 heavy (non-hydrogen) atoms. The number of aromatic nitrogens is 3. The molecule has 0 N–H and O–H groups in total. The van der Waals surface area contributed by atoms with E-state index in [2.05, 4.69) is 16.2 Å². The molecule has 2 aromatic heterocycles. The molecule has 196 valence electrons. The van der Waals surface area contributed by atoms with E-state index in [1.165, 1.54) is 30.7 Å². The molecular weight excluding hydrogens is 532 g/mol. The Morgan fingerprint density at radius 2 is 2.11 bits per heavy atom. The van der Waals surface area contributed by atoms with Crippen molar-refractivity contribution in [2.45, 2.75) is 37.0 Å². The largest absolute Gasteiger partial charge is 0.284 e. The lowest BCUT2D eigenvalue weighted by atomic mass is 10.1. The maximum atomic E-state index is 15.6. The number of aryl methyl sites for hydroxylation is 2. The van der Waals surface area contributed by atoms with Crippen LogP contribution in [0.4, 0.5) is 8.78 Å². The molecule has 1 saturated carbocycles. The number of nitrogens with zero attached hydrogens (tertiary/aromatic N) is 5. The number of allylic oxidation sites excluding steroid dienone is 2. The summed E-state index contributed by atoms with van der Waals surface area (Å²) in [6.45, 7) is 3.30. The lowest BCUT2D eigenvalue weighted by Crippen LogP contribution is -2.21. The molecule has 0 radical (unpaired) electrons. The van der Waals surface area contributed by atoms with Crippen molar-refractivity contribution >= 4 is 34.3 Å². The van der Waals surface area contributed by atoms with Crippen LogP contribution in [0.25, 0.3) is 6.20 Å². The molecule has 2 heterocycles. The molecule has 1 aliphatic rings. The number of nitriles is 1. The van der Waals surface area contributed by atoms with Crippen LogP contribution in [0.15, 0.2) is 63.2 Å². The molecule has 3 aromatic rings. The van der Waals surface area contributed by atoms with E-state index in [0.717, 1.165) is 10.8 Å². The van der Waals surface area contributed by atoms with Gasteiger partial charge in [0.1, 0.15) is 22.6 Å². The fraction of sp³-hybridized carbons (Fsp3) is 0.259. The smallest absolute Gasteiger partial charge is 0.273 e. The minimum absolute atomic E-state index is 0.0517. The summed E-state index contributed by atoms with van der Waals surface area (Å²) in [4.78, 5) is 17.2. The zero-order valence-corrected chi connectivity index (χ0v) is 22.6. The molecule has 3 atom stereocenters. The predicted octanol–water partition coefficient (Wildman–Crippen LogP) is 5.35. The Labute approximate surface area is 225 Å². The van der Waals surface area contributed by atoms with Crippen molar-refractivity contribution in [2.75, 3.05) is 6.26 Å². The van der Waals surface area contributed by atoms with Gasteiger partial charge in [0.05, 0.1) is 33.2 Å². The molecule has 7 nitrogen and oxygen atoms in total. The Balaban J connectivity index is 1.74. The zero-order valence-electron chi connectivity index (χ0n) is 21.1. The van der Waals surface area contributed by atoms with Gasteiger partial charge in [-0.2, -0.15) is 10.4 Å². The SMILES string of the molecule is C/C=C/N=C(/C(F)=C/n1c(C)cc(C2CC2c2nn(C)cc2C#N)c(Cl)c1=O)c1cccc(S(C)=O)c1F. The number of rotatable bonds is 7. The zero-order chi connectivity index (χ0) is 27.7. The van der Waals surface area contributed by atoms with E-state index in [0.29, 0.717) is 28.9 Å². The second kappa shape index (κ2) is 11.0. The second-order valence-corrected chi connectivity index (χ2v) is 10.6. The number of benzene rings is 1. The van der Waals surface area contributed by atoms with E-state index >= 15 is 8.78 Å². The topological polar surface area (TPSA) is 93.0 Å². The lowest BCUT2D eigenvalue weighted by molar-refractivity contribution is 0.591. The van der Waals surface area contributed by atoms with Crippen molar-refractivity contribution in [3.8, 4) is 6.07 Å². The lowest BCUT2D eigenvalue weighted by Gasteiger charge is -2.12. The van der Waals surface area contributed by atoms with E-state index < -0.39 is 28.0 Å². The Morgan fingerprint density at radius 3 is 2.76 bits per heavy atom. The van der Waals surface area contributed by atoms with Crippen molar-refractivity contribution in [1.29, 1.82) is 5.26 Å². The standard InChI is InChI=1S/C27H24ClF2N5O2S/c1-5-9-32-26(17-7-6-8-22(24(17)30)38(4)37)21(29)14-35-15(2)10-19(23(28)27(35)36)18-11-20(18)25-16(12-31)13-34(3)33-25/h5-10,13-14,18,20H,11H2,1-4H3/b9-5+,21-14-,32-26+. The van der Waals surface area contributed by atoms with Crippen LogP contribution >= 0.6 is 11.6 Å². The van der Waals surface area contributed by atoms with Gasteiger partial charge in [0.25, 0.3) is 5.56 Å². The summed E-state index contributed by atoms with van der Waals surface area (Å²) in [6.07, 6.45) is 7.40. The predicted molar refractivity (Wildman–Crippen MR) is 144 cm³/mol. The van der Waals surface area contributed by atoms with Crippen LogP contribution in [0.2, 0.25) is 5.02 Å². The molecule has 11 heteroatoms. The van der Waals surface area contributed by atoms with E-state index in [1.807, 2.05) is 0 Å². The monoisotopic (exact) mass is 555 g/mol. The third-order valence-electron chi connectivity index (χ3n) is 6.27. The maximum absolute atomic E-state index is 15.6. The van der Waals surface area contributed by atoms with Gasteiger partial charge in [-0.05, 0) is 49.9 Å². The molecule has 0 aliphatic heterocycles. The Morgan fingerprint density at radius 1 is 1.37 bits per heavy atom. The van der Waals surface area contributed by atoms with Gasteiger partial charge in [0.2, 0.25) is 0 Å². The van der Waals surface area contributed by atoms with Gasteiger partial charge >= 0.3 is 0 Å². The van der Waals surface area contributed by atoms with Gasteiger partial charge in [-0.25, -0.2) is 8.78 Å². The number of halogens is 3. The Kier molecular flexibility index (Phi) is 7.90. The van der Waals surface area contributed by atoms with Crippen molar-refractivity contribution in [3.05, 3.63) is 97.8 Å². The summed E-state index contributed by atoms with van der Waals surface area (Å²) in [6, 6.07) is 7.99. The summed E-state index contributed by atoms with van der Waals surface area (Å²) < 4.78 is 45.2. The van der Waals surface area contributed by atoms with Crippen molar-refractivity contribution in [3.63, 3.8) is 0 Å². The van der Waals surface area contributed by atoms with Crippen molar-refractivity contribution < 1.29 is 13.0 Å². The third kappa shape index (κ3) is 5.17. The first kappa shape index (κ1) is 27.4. The molecule has 4 rings (SSSR count). The van der Waals surface area contributed by atoms with Gasteiger partial charge in [0, 0.05) is 42.9 Å². The van der Waals surface area contributed by atoms with Gasteiger partial charge in [0.15, 0.2) is 5.83 Å². The average molecular weight is 556 g/mol. The number of hydrogen-bond donors (Lipinski definition) is 0. The van der Waals surface area contributed by atoms with Crippen molar-refractivity contribution in [2.24, 2.45) is 12.0 Å². The summed E-state index contributed by atoms with van der Waals surface area (Å²) >= 11 is 6.47. The maximum Gasteiger partial charge on any atom is 0.273 e. The third-order valence-corrected chi connectivity index (χ3v) is 7.59. The van der Waals surface area contributed by atoms with Crippen molar-refractivity contribution in [1.82, 2.24) is 14.3 Å². The van der Waals surface area contributed by atoms with Gasteiger partial charge in [-0.15, -0.1) is 0 Å². The molecule has 0 bridgehead atoms. The molecular formula is C27H24ClF2N5O2S. The first-order valence-electron chi connectivity index (χ1n) is 11.6. The average Bonchev–Trinajstić information content (AvgIpc) is 3.58.